The van der Waals surface area contributed by atoms with Gasteiger partial charge in [-0.25, -0.2) is 4.39 Å². The van der Waals surface area contributed by atoms with Gasteiger partial charge in [-0.15, -0.1) is 0 Å². The van der Waals surface area contributed by atoms with Gasteiger partial charge in [-0.1, -0.05) is 37.6 Å². The van der Waals surface area contributed by atoms with Crippen LogP contribution in [0.5, 0.6) is 0 Å². The smallest absolute Gasteiger partial charge is 0.295 e. The van der Waals surface area contributed by atoms with Gasteiger partial charge in [0, 0.05) is 23.7 Å². The normalized spacial score (nSPS) is 18.4. The molecule has 1 fully saturated rings. The second kappa shape index (κ2) is 9.41. The van der Waals surface area contributed by atoms with Gasteiger partial charge in [0.2, 0.25) is 0 Å². The molecule has 1 saturated heterocycles. The summed E-state index contributed by atoms with van der Waals surface area (Å²) in [7, 11) is 0. The van der Waals surface area contributed by atoms with E-state index >= 15 is 0 Å². The molecule has 0 unspecified atom stereocenters. The van der Waals surface area contributed by atoms with Crippen molar-refractivity contribution in [1.82, 2.24) is 9.80 Å². The van der Waals surface area contributed by atoms with Gasteiger partial charge in [0.1, 0.15) is 11.6 Å². The molecule has 0 aliphatic carbocycles. The van der Waals surface area contributed by atoms with Gasteiger partial charge < -0.3 is 14.9 Å². The van der Waals surface area contributed by atoms with E-state index in [1.54, 1.807) is 24.3 Å². The summed E-state index contributed by atoms with van der Waals surface area (Å²) < 4.78 is 13.3. The predicted molar refractivity (Wildman–Crippen MR) is 115 cm³/mol. The summed E-state index contributed by atoms with van der Waals surface area (Å²) in [6, 6.07) is 11.2. The number of nitrogens with zero attached hydrogens (tertiary/aromatic N) is 2. The summed E-state index contributed by atoms with van der Waals surface area (Å²) >= 11 is 6.01. The molecule has 1 atom stereocenters. The molecule has 1 aliphatic rings. The van der Waals surface area contributed by atoms with E-state index in [0.717, 1.165) is 13.1 Å². The van der Waals surface area contributed by atoms with Gasteiger partial charge in [-0.05, 0) is 55.1 Å². The number of amides is 1. The first-order valence-electron chi connectivity index (χ1n) is 9.89. The minimum atomic E-state index is -0.753. The molecule has 0 radical (unpaired) electrons. The van der Waals surface area contributed by atoms with Crippen molar-refractivity contribution in [2.75, 3.05) is 26.2 Å². The number of benzene rings is 2. The fraction of sp³-hybridized carbons (Fsp3) is 0.304. The van der Waals surface area contributed by atoms with Crippen LogP contribution in [0.3, 0.4) is 0 Å². The van der Waals surface area contributed by atoms with Crippen LogP contribution in [0.15, 0.2) is 54.1 Å². The molecule has 30 heavy (non-hydrogen) atoms. The van der Waals surface area contributed by atoms with E-state index < -0.39 is 23.5 Å². The molecule has 5 nitrogen and oxygen atoms in total. The maximum absolute atomic E-state index is 13.3. The molecule has 2 aromatic rings. The monoisotopic (exact) mass is 430 g/mol. The van der Waals surface area contributed by atoms with Gasteiger partial charge in [0.25, 0.3) is 11.7 Å². The molecular weight excluding hydrogens is 407 g/mol. The summed E-state index contributed by atoms with van der Waals surface area (Å²) in [4.78, 5) is 29.4. The van der Waals surface area contributed by atoms with Gasteiger partial charge in [-0.2, -0.15) is 0 Å². The Balaban J connectivity index is 2.08. The zero-order valence-electron chi connectivity index (χ0n) is 16.9. The molecule has 0 bridgehead atoms. The second-order valence-electron chi connectivity index (χ2n) is 7.08. The minimum Gasteiger partial charge on any atom is -0.507 e. The highest BCUT2D eigenvalue weighted by atomic mass is 35.5. The predicted octanol–water partition coefficient (Wildman–Crippen LogP) is 4.24. The molecule has 2 aromatic carbocycles. The third kappa shape index (κ3) is 4.40. The van der Waals surface area contributed by atoms with E-state index in [1.165, 1.54) is 29.2 Å². The van der Waals surface area contributed by atoms with E-state index in [-0.39, 0.29) is 16.9 Å². The summed E-state index contributed by atoms with van der Waals surface area (Å²) in [5, 5.41) is 11.4. The highest BCUT2D eigenvalue weighted by molar-refractivity contribution is 6.46. The van der Waals surface area contributed by atoms with E-state index in [0.29, 0.717) is 23.7 Å². The van der Waals surface area contributed by atoms with Crippen molar-refractivity contribution in [3.63, 3.8) is 0 Å². The Hall–Kier alpha value is -2.70. The van der Waals surface area contributed by atoms with Crippen LogP contribution in [0.1, 0.15) is 31.0 Å². The van der Waals surface area contributed by atoms with Gasteiger partial charge >= 0.3 is 0 Å². The van der Waals surface area contributed by atoms with Gasteiger partial charge in [0.15, 0.2) is 0 Å². The number of likely N-dealkylation sites (N-methyl/N-ethyl adjacent to an activating group) is 1. The average Bonchev–Trinajstić information content (AvgIpc) is 3.00. The third-order valence-corrected chi connectivity index (χ3v) is 5.65. The van der Waals surface area contributed by atoms with Crippen LogP contribution >= 0.6 is 11.6 Å². The first kappa shape index (κ1) is 22.0. The fourth-order valence-corrected chi connectivity index (χ4v) is 3.78. The zero-order valence-corrected chi connectivity index (χ0v) is 17.7. The number of hydrogen-bond donors (Lipinski definition) is 1. The SMILES string of the molecule is CCN(CC)CCN1C(=O)C(=O)/C(=C(/O)c2ccc(F)cc2)[C@H]1c1ccc(Cl)cc1. The summed E-state index contributed by atoms with van der Waals surface area (Å²) in [6.07, 6.45) is 0. The largest absolute Gasteiger partial charge is 0.507 e. The quantitative estimate of drug-likeness (QED) is 0.405. The third-order valence-electron chi connectivity index (χ3n) is 5.39. The zero-order chi connectivity index (χ0) is 21.8. The number of ketones is 1. The van der Waals surface area contributed by atoms with Crippen LogP contribution in [0.4, 0.5) is 4.39 Å². The van der Waals surface area contributed by atoms with Crippen LogP contribution < -0.4 is 0 Å². The van der Waals surface area contributed by atoms with Crippen molar-refractivity contribution >= 4 is 29.1 Å². The van der Waals surface area contributed by atoms with E-state index in [9.17, 15) is 19.1 Å². The summed E-state index contributed by atoms with van der Waals surface area (Å²) in [6.45, 7) is 6.63. The van der Waals surface area contributed by atoms with E-state index in [2.05, 4.69) is 4.90 Å². The molecule has 158 valence electrons. The van der Waals surface area contributed by atoms with Crippen molar-refractivity contribution in [3.8, 4) is 0 Å². The van der Waals surface area contributed by atoms with Crippen molar-refractivity contribution in [2.45, 2.75) is 19.9 Å². The number of carbonyl (C=O) groups excluding carboxylic acids is 2. The number of likely N-dealkylation sites (tertiary alicyclic amines) is 1. The average molecular weight is 431 g/mol. The highest BCUT2D eigenvalue weighted by Gasteiger charge is 2.45. The Kier molecular flexibility index (Phi) is 6.90. The molecule has 1 aliphatic heterocycles. The lowest BCUT2D eigenvalue weighted by atomic mass is 9.95. The van der Waals surface area contributed by atoms with Crippen molar-refractivity contribution < 1.29 is 19.1 Å². The number of rotatable bonds is 7. The standard InChI is InChI=1S/C23H24ClFN2O3/c1-3-26(4-2)13-14-27-20(15-5-9-17(24)10-6-15)19(22(29)23(27)30)21(28)16-7-11-18(25)12-8-16/h5-12,20,28H,3-4,13-14H2,1-2H3/b21-19+/t20-/m1/s1. The first-order chi connectivity index (χ1) is 14.4. The van der Waals surface area contributed by atoms with Crippen LogP contribution in [0.25, 0.3) is 5.76 Å². The van der Waals surface area contributed by atoms with Crippen LogP contribution in [-0.4, -0.2) is 52.8 Å². The fourth-order valence-electron chi connectivity index (χ4n) is 3.65. The van der Waals surface area contributed by atoms with Crippen LogP contribution in [-0.2, 0) is 9.59 Å². The number of aliphatic hydroxyl groups excluding tert-OH is 1. The number of carbonyl (C=O) groups is 2. The maximum Gasteiger partial charge on any atom is 0.295 e. The topological polar surface area (TPSA) is 60.9 Å². The molecule has 0 aromatic heterocycles. The molecule has 1 heterocycles. The number of Topliss-reactive ketones (excluding diaryl/α,β-unsaturated/α-hetero) is 1. The Morgan fingerprint density at radius 2 is 1.67 bits per heavy atom. The molecule has 1 amide bonds. The molecule has 0 spiro atoms. The lowest BCUT2D eigenvalue weighted by Gasteiger charge is -2.28. The highest BCUT2D eigenvalue weighted by Crippen LogP contribution is 2.39. The Morgan fingerprint density at radius 1 is 1.07 bits per heavy atom. The van der Waals surface area contributed by atoms with Crippen molar-refractivity contribution in [2.24, 2.45) is 0 Å². The van der Waals surface area contributed by atoms with Crippen molar-refractivity contribution in [3.05, 3.63) is 76.1 Å². The maximum atomic E-state index is 13.3. The van der Waals surface area contributed by atoms with E-state index in [1.807, 2.05) is 13.8 Å². The van der Waals surface area contributed by atoms with Crippen LogP contribution in [0, 0.1) is 5.82 Å². The lowest BCUT2D eigenvalue weighted by Crippen LogP contribution is -2.38. The number of hydrogen-bond acceptors (Lipinski definition) is 4. The van der Waals surface area contributed by atoms with E-state index in [4.69, 9.17) is 11.6 Å². The molecular formula is C23H24ClFN2O3. The Morgan fingerprint density at radius 3 is 2.23 bits per heavy atom. The molecule has 7 heteroatoms. The molecule has 0 saturated carbocycles. The minimum absolute atomic E-state index is 0.00604. The first-order valence-corrected chi connectivity index (χ1v) is 10.3. The lowest BCUT2D eigenvalue weighted by molar-refractivity contribution is -0.140. The number of halogens is 2. The van der Waals surface area contributed by atoms with Crippen molar-refractivity contribution in [1.29, 1.82) is 0 Å². The number of aliphatic hydroxyl groups is 1. The molecule has 3 rings (SSSR count). The van der Waals surface area contributed by atoms with Gasteiger partial charge in [-0.3, -0.25) is 9.59 Å². The molecule has 1 N–H and O–H groups in total. The Bertz CT molecular complexity index is 953. The summed E-state index contributed by atoms with van der Waals surface area (Å²) in [5.41, 5.74) is 0.937. The Labute approximate surface area is 180 Å². The van der Waals surface area contributed by atoms with Gasteiger partial charge in [0.05, 0.1) is 11.6 Å². The van der Waals surface area contributed by atoms with Crippen LogP contribution in [0.2, 0.25) is 5.02 Å². The summed E-state index contributed by atoms with van der Waals surface area (Å²) in [5.74, 6) is -2.19. The second-order valence-corrected chi connectivity index (χ2v) is 7.51.